The Balaban J connectivity index is 1.96. The van der Waals surface area contributed by atoms with Gasteiger partial charge in [0.2, 0.25) is 5.91 Å². The van der Waals surface area contributed by atoms with Crippen LogP contribution in [0.25, 0.3) is 0 Å². The molecule has 0 heterocycles. The molecule has 0 unspecified atom stereocenters. The molecular formula is C32H40N2O3. The van der Waals surface area contributed by atoms with Crippen LogP contribution in [0.5, 0.6) is 5.75 Å². The first-order valence-corrected chi connectivity index (χ1v) is 13.1. The molecule has 0 aliphatic heterocycles. The third-order valence-electron chi connectivity index (χ3n) is 6.99. The molecule has 5 nitrogen and oxygen atoms in total. The van der Waals surface area contributed by atoms with Gasteiger partial charge in [-0.3, -0.25) is 9.59 Å². The minimum Gasteiger partial charge on any atom is -0.483 e. The highest BCUT2D eigenvalue weighted by Crippen LogP contribution is 2.24. The molecule has 0 aliphatic rings. The van der Waals surface area contributed by atoms with Crippen molar-refractivity contribution in [3.63, 3.8) is 0 Å². The second-order valence-corrected chi connectivity index (χ2v) is 9.97. The zero-order valence-corrected chi connectivity index (χ0v) is 23.0. The maximum atomic E-state index is 13.8. The molecule has 3 aromatic rings. The van der Waals surface area contributed by atoms with E-state index in [0.717, 1.165) is 39.8 Å². The summed E-state index contributed by atoms with van der Waals surface area (Å²) in [4.78, 5) is 29.1. The van der Waals surface area contributed by atoms with Crippen LogP contribution in [0.15, 0.2) is 66.7 Å². The van der Waals surface area contributed by atoms with Gasteiger partial charge in [-0.2, -0.15) is 0 Å². The number of hydrogen-bond donors (Lipinski definition) is 1. The number of nitrogens with one attached hydrogen (secondary N) is 1. The Morgan fingerprint density at radius 1 is 0.919 bits per heavy atom. The molecule has 0 aliphatic carbocycles. The number of carbonyl (C=O) groups excluding carboxylic acids is 2. The third kappa shape index (κ3) is 7.69. The second-order valence-electron chi connectivity index (χ2n) is 9.97. The number of carbonyl (C=O) groups is 2. The van der Waals surface area contributed by atoms with Crippen molar-refractivity contribution >= 4 is 11.8 Å². The third-order valence-corrected chi connectivity index (χ3v) is 6.99. The van der Waals surface area contributed by atoms with Gasteiger partial charge in [0, 0.05) is 19.0 Å². The summed E-state index contributed by atoms with van der Waals surface area (Å²) in [5.41, 5.74) is 6.30. The number of aryl methyl sites for hydroxylation is 3. The van der Waals surface area contributed by atoms with Gasteiger partial charge < -0.3 is 15.0 Å². The Bertz CT molecular complexity index is 1210. The van der Waals surface area contributed by atoms with Gasteiger partial charge in [-0.1, -0.05) is 67.6 Å². The van der Waals surface area contributed by atoms with Crippen molar-refractivity contribution in [2.45, 2.75) is 73.0 Å². The van der Waals surface area contributed by atoms with E-state index in [1.54, 1.807) is 4.90 Å². The molecule has 0 bridgehead atoms. The average molecular weight is 501 g/mol. The van der Waals surface area contributed by atoms with E-state index in [2.05, 4.69) is 11.4 Å². The summed E-state index contributed by atoms with van der Waals surface area (Å²) in [6.45, 7) is 12.3. The molecule has 2 amide bonds. The van der Waals surface area contributed by atoms with Crippen LogP contribution in [0.4, 0.5) is 0 Å². The topological polar surface area (TPSA) is 58.6 Å². The summed E-state index contributed by atoms with van der Waals surface area (Å²) in [7, 11) is 0. The first-order chi connectivity index (χ1) is 17.7. The lowest BCUT2D eigenvalue weighted by Crippen LogP contribution is -2.53. The van der Waals surface area contributed by atoms with Crippen molar-refractivity contribution in [2.24, 2.45) is 0 Å². The number of ether oxygens (including phenoxy) is 1. The predicted molar refractivity (Wildman–Crippen MR) is 150 cm³/mol. The van der Waals surface area contributed by atoms with Gasteiger partial charge in [0.25, 0.3) is 5.91 Å². The largest absolute Gasteiger partial charge is 0.483 e. The first-order valence-electron chi connectivity index (χ1n) is 13.1. The molecule has 3 aromatic carbocycles. The quantitative estimate of drug-likeness (QED) is 0.359. The summed E-state index contributed by atoms with van der Waals surface area (Å²) in [5.74, 6) is 0.329. The molecule has 1 N–H and O–H groups in total. The van der Waals surface area contributed by atoms with E-state index in [1.165, 1.54) is 0 Å². The van der Waals surface area contributed by atoms with E-state index in [9.17, 15) is 9.59 Å². The number of hydrogen-bond acceptors (Lipinski definition) is 3. The molecule has 2 atom stereocenters. The van der Waals surface area contributed by atoms with Crippen molar-refractivity contribution in [2.75, 3.05) is 6.61 Å². The maximum absolute atomic E-state index is 13.8. The molecule has 0 spiro atoms. The summed E-state index contributed by atoms with van der Waals surface area (Å²) >= 11 is 0. The van der Waals surface area contributed by atoms with Crippen molar-refractivity contribution in [3.05, 3.63) is 100 Å². The van der Waals surface area contributed by atoms with Crippen molar-refractivity contribution in [3.8, 4) is 5.75 Å². The molecule has 37 heavy (non-hydrogen) atoms. The Morgan fingerprint density at radius 3 is 2.27 bits per heavy atom. The van der Waals surface area contributed by atoms with Gasteiger partial charge in [0.1, 0.15) is 11.8 Å². The molecule has 196 valence electrons. The molecule has 3 rings (SSSR count). The lowest BCUT2D eigenvalue weighted by atomic mass is 10.0. The summed E-state index contributed by atoms with van der Waals surface area (Å²) in [5, 5.41) is 3.11. The first kappa shape index (κ1) is 28.0. The normalized spacial score (nSPS) is 12.5. The van der Waals surface area contributed by atoms with Gasteiger partial charge in [-0.05, 0) is 80.5 Å². The fourth-order valence-corrected chi connectivity index (χ4v) is 4.34. The van der Waals surface area contributed by atoms with Crippen LogP contribution in [0.2, 0.25) is 0 Å². The Morgan fingerprint density at radius 2 is 1.59 bits per heavy atom. The van der Waals surface area contributed by atoms with Gasteiger partial charge >= 0.3 is 0 Å². The highest BCUT2D eigenvalue weighted by molar-refractivity contribution is 5.88. The SMILES string of the molecule is CC[C@@H](C)NC(=O)[C@H](Cc1ccccc1)N(Cc1ccccc1C)C(=O)COc1cc(C)cc(C)c1C. The van der Waals surface area contributed by atoms with E-state index in [-0.39, 0.29) is 24.5 Å². The highest BCUT2D eigenvalue weighted by atomic mass is 16.5. The molecule has 0 radical (unpaired) electrons. The van der Waals surface area contributed by atoms with Crippen molar-refractivity contribution in [1.82, 2.24) is 10.2 Å². The number of nitrogens with zero attached hydrogens (tertiary/aromatic N) is 1. The fourth-order valence-electron chi connectivity index (χ4n) is 4.34. The Labute approximate surface area is 221 Å². The molecular weight excluding hydrogens is 460 g/mol. The van der Waals surface area contributed by atoms with E-state index < -0.39 is 6.04 Å². The fraction of sp³-hybridized carbons (Fsp3) is 0.375. The number of amides is 2. The van der Waals surface area contributed by atoms with E-state index >= 15 is 0 Å². The molecule has 0 aromatic heterocycles. The Kier molecular flexibility index (Phi) is 9.90. The monoisotopic (exact) mass is 500 g/mol. The zero-order valence-electron chi connectivity index (χ0n) is 23.0. The van der Waals surface area contributed by atoms with E-state index in [1.807, 2.05) is 102 Å². The van der Waals surface area contributed by atoms with Crippen LogP contribution in [0.1, 0.15) is 53.6 Å². The molecule has 0 saturated carbocycles. The van der Waals surface area contributed by atoms with E-state index in [4.69, 9.17) is 4.74 Å². The summed E-state index contributed by atoms with van der Waals surface area (Å²) < 4.78 is 6.07. The van der Waals surface area contributed by atoms with Crippen LogP contribution >= 0.6 is 0 Å². The molecule has 5 heteroatoms. The highest BCUT2D eigenvalue weighted by Gasteiger charge is 2.31. The van der Waals surface area contributed by atoms with Crippen molar-refractivity contribution < 1.29 is 14.3 Å². The lowest BCUT2D eigenvalue weighted by Gasteiger charge is -2.32. The minimum absolute atomic E-state index is 0.00959. The number of benzene rings is 3. The minimum atomic E-state index is -0.674. The zero-order chi connectivity index (χ0) is 26.9. The van der Waals surface area contributed by atoms with Crippen LogP contribution < -0.4 is 10.1 Å². The van der Waals surface area contributed by atoms with Crippen molar-refractivity contribution in [1.29, 1.82) is 0 Å². The second kappa shape index (κ2) is 13.1. The Hall–Kier alpha value is -3.60. The maximum Gasteiger partial charge on any atom is 0.261 e. The standard InChI is InChI=1S/C32H40N2O3/c1-7-25(5)33-32(36)29(19-27-14-9-8-10-15-27)34(20-28-16-12-11-13-23(28)3)31(35)21-37-30-18-22(2)17-24(4)26(30)6/h8-18,25,29H,7,19-21H2,1-6H3,(H,33,36)/t25-,29+/m1/s1. The van der Waals surface area contributed by atoms with E-state index in [0.29, 0.717) is 18.7 Å². The van der Waals surface area contributed by atoms with Crippen LogP contribution in [-0.2, 0) is 22.6 Å². The molecule has 0 saturated heterocycles. The molecule has 0 fully saturated rings. The smallest absolute Gasteiger partial charge is 0.261 e. The van der Waals surface area contributed by atoms with Gasteiger partial charge in [-0.25, -0.2) is 0 Å². The van der Waals surface area contributed by atoms with Gasteiger partial charge in [0.15, 0.2) is 6.61 Å². The number of rotatable bonds is 11. The average Bonchev–Trinajstić information content (AvgIpc) is 2.88. The van der Waals surface area contributed by atoms with Crippen LogP contribution in [0.3, 0.4) is 0 Å². The predicted octanol–water partition coefficient (Wildman–Crippen LogP) is 5.85. The summed E-state index contributed by atoms with van der Waals surface area (Å²) in [6.07, 6.45) is 1.23. The van der Waals surface area contributed by atoms with Crippen LogP contribution in [-0.4, -0.2) is 35.4 Å². The van der Waals surface area contributed by atoms with Crippen LogP contribution in [0, 0.1) is 27.7 Å². The lowest BCUT2D eigenvalue weighted by molar-refractivity contribution is -0.143. The van der Waals surface area contributed by atoms with Gasteiger partial charge in [-0.15, -0.1) is 0 Å². The van der Waals surface area contributed by atoms with Gasteiger partial charge in [0.05, 0.1) is 0 Å². The summed E-state index contributed by atoms with van der Waals surface area (Å²) in [6, 6.07) is 21.2.